The predicted octanol–water partition coefficient (Wildman–Crippen LogP) is 8.68. The highest BCUT2D eigenvalue weighted by atomic mass is 16.6. The van der Waals surface area contributed by atoms with Crippen LogP contribution in [0.25, 0.3) is 0 Å². The summed E-state index contributed by atoms with van der Waals surface area (Å²) in [7, 11) is 0. The fourth-order valence-electron chi connectivity index (χ4n) is 9.73. The summed E-state index contributed by atoms with van der Waals surface area (Å²) < 4.78 is 5.89. The molecule has 0 radical (unpaired) electrons. The van der Waals surface area contributed by atoms with Gasteiger partial charge in [-0.2, -0.15) is 0 Å². The van der Waals surface area contributed by atoms with Gasteiger partial charge in [-0.05, 0) is 104 Å². The van der Waals surface area contributed by atoms with Gasteiger partial charge in [0, 0.05) is 19.6 Å². The Balaban J connectivity index is 1.31. The summed E-state index contributed by atoms with van der Waals surface area (Å²) in [5.41, 5.74) is 2.43. The average Bonchev–Trinajstić information content (AvgIpc) is 3.23. The molecule has 4 aliphatic carbocycles. The van der Waals surface area contributed by atoms with E-state index in [2.05, 4.69) is 46.0 Å². The lowest BCUT2D eigenvalue weighted by Gasteiger charge is -2.58. The number of rotatable bonds is 12. The van der Waals surface area contributed by atoms with Crippen molar-refractivity contribution in [2.45, 2.75) is 137 Å². The SMILES string of the molecule is CC(C)CCC[C@@H](C)[C@H]1CC[C@H]2[C@@H]3CC=C4C[C@@H](OC(=O)NCCCCCCO)CC[C@]4(C)[C@@H]3CC[C@]12C. The van der Waals surface area contributed by atoms with E-state index in [9.17, 15) is 4.79 Å². The summed E-state index contributed by atoms with van der Waals surface area (Å²) in [6, 6.07) is 0. The fraction of sp³-hybridized carbons (Fsp3) is 0.912. The highest BCUT2D eigenvalue weighted by Gasteiger charge is 2.59. The Morgan fingerprint density at radius 1 is 1.00 bits per heavy atom. The third-order valence-corrected chi connectivity index (χ3v) is 11.9. The quantitative estimate of drug-likeness (QED) is 0.196. The summed E-state index contributed by atoms with van der Waals surface area (Å²) in [6.45, 7) is 13.5. The molecule has 1 amide bonds. The Bertz CT molecular complexity index is 808. The first kappa shape index (κ1) is 29.9. The molecule has 2 N–H and O–H groups in total. The van der Waals surface area contributed by atoms with Crippen LogP contribution in [0.1, 0.15) is 131 Å². The molecule has 0 bridgehead atoms. The molecule has 0 spiro atoms. The van der Waals surface area contributed by atoms with Gasteiger partial charge in [0.2, 0.25) is 0 Å². The van der Waals surface area contributed by atoms with Gasteiger partial charge in [0.1, 0.15) is 6.10 Å². The zero-order chi connectivity index (χ0) is 27.3. The minimum Gasteiger partial charge on any atom is -0.446 e. The second-order valence-electron chi connectivity index (χ2n) is 14.6. The molecular weight excluding hydrogens is 470 g/mol. The standard InChI is InChI=1S/C34H59NO3/c1-24(2)11-10-12-25(3)29-15-16-30-28-14-13-26-23-27(38-32(37)35-21-8-6-7-9-22-36)17-19-33(26,4)31(28)18-20-34(29,30)5/h13,24-25,27-31,36H,6-12,14-23H2,1-5H3,(H,35,37)/t25-,27+,28+,29-,30+,31-,33+,34-/m1/s1. The minimum absolute atomic E-state index is 0.0247. The molecule has 38 heavy (non-hydrogen) atoms. The van der Waals surface area contributed by atoms with Crippen LogP contribution < -0.4 is 5.32 Å². The van der Waals surface area contributed by atoms with E-state index < -0.39 is 0 Å². The molecule has 218 valence electrons. The first-order chi connectivity index (χ1) is 18.2. The number of aliphatic hydroxyl groups excluding tert-OH is 1. The summed E-state index contributed by atoms with van der Waals surface area (Å²) in [5.74, 6) is 5.16. The number of alkyl carbamates (subject to hydrolysis) is 1. The molecule has 3 saturated carbocycles. The number of hydrogen-bond donors (Lipinski definition) is 2. The minimum atomic E-state index is -0.247. The van der Waals surface area contributed by atoms with Crippen molar-refractivity contribution in [1.82, 2.24) is 5.32 Å². The first-order valence-electron chi connectivity index (χ1n) is 16.4. The molecule has 4 heteroatoms. The Labute approximate surface area is 234 Å². The van der Waals surface area contributed by atoms with Crippen LogP contribution >= 0.6 is 0 Å². The van der Waals surface area contributed by atoms with Crippen LogP contribution in [0.4, 0.5) is 4.79 Å². The van der Waals surface area contributed by atoms with Crippen molar-refractivity contribution in [3.63, 3.8) is 0 Å². The van der Waals surface area contributed by atoms with E-state index in [1.807, 2.05) is 0 Å². The van der Waals surface area contributed by atoms with Crippen LogP contribution in [-0.2, 0) is 4.74 Å². The zero-order valence-corrected chi connectivity index (χ0v) is 25.4. The van der Waals surface area contributed by atoms with Crippen molar-refractivity contribution in [3.8, 4) is 0 Å². The maximum absolute atomic E-state index is 12.4. The van der Waals surface area contributed by atoms with Crippen molar-refractivity contribution < 1.29 is 14.6 Å². The van der Waals surface area contributed by atoms with Crippen molar-refractivity contribution in [2.75, 3.05) is 13.2 Å². The Hall–Kier alpha value is -1.03. The molecule has 4 nitrogen and oxygen atoms in total. The molecule has 8 atom stereocenters. The molecule has 3 fully saturated rings. The molecule has 0 aromatic rings. The zero-order valence-electron chi connectivity index (χ0n) is 25.4. The number of ether oxygens (including phenoxy) is 1. The lowest BCUT2D eigenvalue weighted by atomic mass is 9.47. The molecule has 0 saturated heterocycles. The van der Waals surface area contributed by atoms with Crippen molar-refractivity contribution in [3.05, 3.63) is 11.6 Å². The van der Waals surface area contributed by atoms with Gasteiger partial charge in [0.05, 0.1) is 0 Å². The van der Waals surface area contributed by atoms with Crippen LogP contribution in [0, 0.1) is 46.3 Å². The fourth-order valence-corrected chi connectivity index (χ4v) is 9.73. The lowest BCUT2D eigenvalue weighted by molar-refractivity contribution is -0.0581. The number of fused-ring (bicyclic) bond motifs is 5. The van der Waals surface area contributed by atoms with Crippen molar-refractivity contribution in [1.29, 1.82) is 0 Å². The second-order valence-corrected chi connectivity index (χ2v) is 14.6. The largest absolute Gasteiger partial charge is 0.446 e. The van der Waals surface area contributed by atoms with E-state index in [4.69, 9.17) is 9.84 Å². The summed E-state index contributed by atoms with van der Waals surface area (Å²) in [6.07, 6.45) is 20.5. The van der Waals surface area contributed by atoms with Gasteiger partial charge in [-0.15, -0.1) is 0 Å². The van der Waals surface area contributed by atoms with Crippen LogP contribution in [0.15, 0.2) is 11.6 Å². The van der Waals surface area contributed by atoms with Crippen LogP contribution in [0.5, 0.6) is 0 Å². The molecule has 0 heterocycles. The van der Waals surface area contributed by atoms with Gasteiger partial charge >= 0.3 is 6.09 Å². The number of amides is 1. The predicted molar refractivity (Wildman–Crippen MR) is 157 cm³/mol. The van der Waals surface area contributed by atoms with Gasteiger partial charge in [0.15, 0.2) is 0 Å². The number of carbonyl (C=O) groups is 1. The number of unbranched alkanes of at least 4 members (excludes halogenated alkanes) is 3. The normalized spacial score (nSPS) is 37.1. The van der Waals surface area contributed by atoms with Gasteiger partial charge in [-0.1, -0.05) is 78.4 Å². The van der Waals surface area contributed by atoms with Crippen molar-refractivity contribution >= 4 is 6.09 Å². The van der Waals surface area contributed by atoms with E-state index in [0.29, 0.717) is 17.4 Å². The molecule has 4 aliphatic rings. The van der Waals surface area contributed by atoms with Gasteiger partial charge in [-0.3, -0.25) is 0 Å². The number of hydrogen-bond acceptors (Lipinski definition) is 3. The van der Waals surface area contributed by atoms with Gasteiger partial charge in [0.25, 0.3) is 0 Å². The van der Waals surface area contributed by atoms with Crippen LogP contribution in [0.3, 0.4) is 0 Å². The maximum atomic E-state index is 12.4. The van der Waals surface area contributed by atoms with E-state index in [1.165, 1.54) is 51.4 Å². The highest BCUT2D eigenvalue weighted by molar-refractivity contribution is 5.67. The Morgan fingerprint density at radius 2 is 1.79 bits per heavy atom. The smallest absolute Gasteiger partial charge is 0.407 e. The summed E-state index contributed by atoms with van der Waals surface area (Å²) >= 11 is 0. The number of allylic oxidation sites excluding steroid dienone is 1. The van der Waals surface area contributed by atoms with Crippen LogP contribution in [0.2, 0.25) is 0 Å². The Kier molecular flexibility index (Phi) is 10.3. The summed E-state index contributed by atoms with van der Waals surface area (Å²) in [5, 5.41) is 11.8. The molecular formula is C34H59NO3. The molecule has 0 aromatic carbocycles. The molecule has 0 aliphatic heterocycles. The third-order valence-electron chi connectivity index (χ3n) is 11.9. The molecule has 0 aromatic heterocycles. The Morgan fingerprint density at radius 3 is 2.55 bits per heavy atom. The lowest BCUT2D eigenvalue weighted by Crippen LogP contribution is -2.51. The van der Waals surface area contributed by atoms with Gasteiger partial charge < -0.3 is 15.2 Å². The van der Waals surface area contributed by atoms with Crippen molar-refractivity contribution in [2.24, 2.45) is 46.3 Å². The number of nitrogens with one attached hydrogen (secondary N) is 1. The maximum Gasteiger partial charge on any atom is 0.407 e. The first-order valence-corrected chi connectivity index (χ1v) is 16.4. The monoisotopic (exact) mass is 529 g/mol. The molecule has 4 rings (SSSR count). The highest BCUT2D eigenvalue weighted by Crippen LogP contribution is 2.67. The second kappa shape index (κ2) is 13.1. The third kappa shape index (κ3) is 6.47. The topological polar surface area (TPSA) is 58.6 Å². The van der Waals surface area contributed by atoms with E-state index in [0.717, 1.165) is 80.5 Å². The van der Waals surface area contributed by atoms with E-state index in [1.54, 1.807) is 5.57 Å². The van der Waals surface area contributed by atoms with E-state index in [-0.39, 0.29) is 18.8 Å². The molecule has 0 unspecified atom stereocenters. The van der Waals surface area contributed by atoms with Gasteiger partial charge in [-0.25, -0.2) is 4.79 Å². The average molecular weight is 530 g/mol. The number of aliphatic hydroxyl groups is 1. The van der Waals surface area contributed by atoms with Crippen LogP contribution in [-0.4, -0.2) is 30.5 Å². The number of carbonyl (C=O) groups excluding carboxylic acids is 1. The summed E-state index contributed by atoms with van der Waals surface area (Å²) in [4.78, 5) is 12.4. The van der Waals surface area contributed by atoms with E-state index >= 15 is 0 Å².